The highest BCUT2D eigenvalue weighted by atomic mass is 32.2. The van der Waals surface area contributed by atoms with E-state index in [2.05, 4.69) is 14.9 Å². The number of benzene rings is 1. The van der Waals surface area contributed by atoms with Gasteiger partial charge < -0.3 is 22.1 Å². The van der Waals surface area contributed by atoms with E-state index in [1.165, 1.54) is 6.26 Å². The van der Waals surface area contributed by atoms with Gasteiger partial charge in [0.2, 0.25) is 5.96 Å². The highest BCUT2D eigenvalue weighted by Gasteiger charge is 2.20. The van der Waals surface area contributed by atoms with Gasteiger partial charge >= 0.3 is 0 Å². The van der Waals surface area contributed by atoms with Crippen LogP contribution >= 0.6 is 0 Å². The second-order valence-electron chi connectivity index (χ2n) is 5.48. The fraction of sp³-hybridized carbons (Fsp3) is 0.429. The van der Waals surface area contributed by atoms with E-state index in [1.54, 1.807) is 18.2 Å². The molecule has 0 spiro atoms. The third-order valence-corrected chi connectivity index (χ3v) is 4.67. The van der Waals surface area contributed by atoms with Crippen LogP contribution in [-0.2, 0) is 9.84 Å². The molecule has 9 heteroatoms. The predicted molar refractivity (Wildman–Crippen MR) is 92.7 cm³/mol. The Bertz CT molecular complexity index is 732. The number of nitrogens with two attached hydrogens (primary N) is 3. The smallest absolute Gasteiger partial charge is 0.223 e. The van der Waals surface area contributed by atoms with Crippen LogP contribution in [0.2, 0.25) is 0 Å². The zero-order chi connectivity index (χ0) is 17.0. The van der Waals surface area contributed by atoms with E-state index >= 15 is 0 Å². The highest BCUT2D eigenvalue weighted by Crippen LogP contribution is 2.31. The molecule has 1 aromatic carbocycles. The molecule has 126 valence electrons. The topological polar surface area (TPSA) is 140 Å². The van der Waals surface area contributed by atoms with Crippen LogP contribution in [0.25, 0.3) is 0 Å². The Labute approximate surface area is 136 Å². The summed E-state index contributed by atoms with van der Waals surface area (Å²) in [6, 6.07) is 4.83. The van der Waals surface area contributed by atoms with Crippen molar-refractivity contribution in [2.45, 2.75) is 24.2 Å². The van der Waals surface area contributed by atoms with Crippen molar-refractivity contribution < 1.29 is 8.42 Å². The number of guanidine groups is 2. The van der Waals surface area contributed by atoms with Gasteiger partial charge in [0.05, 0.1) is 16.3 Å². The fourth-order valence-corrected chi connectivity index (χ4v) is 3.44. The van der Waals surface area contributed by atoms with E-state index in [-0.39, 0.29) is 11.9 Å². The lowest BCUT2D eigenvalue weighted by atomic mass is 10.1. The standard InChI is InChI=1S/C14H22N6O2S/c1-23(21,22)12-6-5-10(18-14(17)19-13(15)16)9-11(12)20-7-3-2-4-8-20/h5-6,9H,2-4,7-8H2,1H3,(H6,15,16,17,18,19). The molecule has 1 fully saturated rings. The summed E-state index contributed by atoms with van der Waals surface area (Å²) in [5.41, 5.74) is 17.3. The molecule has 0 aliphatic carbocycles. The molecule has 0 unspecified atom stereocenters. The Balaban J connectivity index is 2.47. The van der Waals surface area contributed by atoms with Crippen molar-refractivity contribution in [3.8, 4) is 0 Å². The minimum absolute atomic E-state index is 0.0818. The number of rotatable bonds is 3. The molecule has 1 aliphatic heterocycles. The molecular weight excluding hydrogens is 316 g/mol. The van der Waals surface area contributed by atoms with E-state index in [4.69, 9.17) is 17.2 Å². The first-order valence-electron chi connectivity index (χ1n) is 7.30. The molecule has 0 saturated carbocycles. The van der Waals surface area contributed by atoms with E-state index in [9.17, 15) is 8.42 Å². The summed E-state index contributed by atoms with van der Waals surface area (Å²) < 4.78 is 24.1. The van der Waals surface area contributed by atoms with E-state index < -0.39 is 9.84 Å². The number of aliphatic imine (C=N–C) groups is 2. The normalized spacial score (nSPS) is 16.2. The number of hydrogen-bond acceptors (Lipinski definition) is 4. The van der Waals surface area contributed by atoms with Crippen molar-refractivity contribution in [1.82, 2.24) is 0 Å². The van der Waals surface area contributed by atoms with E-state index in [0.29, 0.717) is 16.3 Å². The number of piperidine rings is 1. The summed E-state index contributed by atoms with van der Waals surface area (Å²) in [6.45, 7) is 1.64. The van der Waals surface area contributed by atoms with Gasteiger partial charge in [-0.3, -0.25) is 0 Å². The number of sulfone groups is 1. The molecular formula is C14H22N6O2S. The summed E-state index contributed by atoms with van der Waals surface area (Å²) in [5.74, 6) is -0.267. The maximum Gasteiger partial charge on any atom is 0.223 e. The summed E-state index contributed by atoms with van der Waals surface area (Å²) in [7, 11) is -3.34. The Kier molecular flexibility index (Phi) is 5.09. The van der Waals surface area contributed by atoms with Crippen LogP contribution in [-0.4, -0.2) is 39.7 Å². The number of anilines is 1. The quantitative estimate of drug-likeness (QED) is 0.535. The molecule has 8 nitrogen and oxygen atoms in total. The van der Waals surface area contributed by atoms with Crippen LogP contribution in [0.3, 0.4) is 0 Å². The van der Waals surface area contributed by atoms with Crippen LogP contribution < -0.4 is 22.1 Å². The van der Waals surface area contributed by atoms with Crippen LogP contribution in [0.5, 0.6) is 0 Å². The number of nitrogens with zero attached hydrogens (tertiary/aromatic N) is 3. The maximum atomic E-state index is 12.0. The van der Waals surface area contributed by atoms with E-state index in [1.807, 2.05) is 0 Å². The van der Waals surface area contributed by atoms with Crippen molar-refractivity contribution in [3.63, 3.8) is 0 Å². The first kappa shape index (κ1) is 17.1. The van der Waals surface area contributed by atoms with Gasteiger partial charge in [-0.1, -0.05) is 0 Å². The average Bonchev–Trinajstić information content (AvgIpc) is 2.46. The SMILES string of the molecule is CS(=O)(=O)c1ccc(N=C(N)N=C(N)N)cc1N1CCCCC1. The Morgan fingerprint density at radius 3 is 2.35 bits per heavy atom. The summed E-state index contributed by atoms with van der Waals surface area (Å²) >= 11 is 0. The first-order chi connectivity index (χ1) is 10.8. The predicted octanol–water partition coefficient (Wildman–Crippen LogP) is 0.300. The molecule has 1 aromatic rings. The van der Waals surface area contributed by atoms with Gasteiger partial charge in [-0.05, 0) is 37.5 Å². The van der Waals surface area contributed by atoms with Gasteiger partial charge in [0.25, 0.3) is 0 Å². The lowest BCUT2D eigenvalue weighted by Crippen LogP contribution is -2.30. The second kappa shape index (κ2) is 6.86. The zero-order valence-electron chi connectivity index (χ0n) is 13.1. The Morgan fingerprint density at radius 1 is 1.13 bits per heavy atom. The highest BCUT2D eigenvalue weighted by molar-refractivity contribution is 7.90. The first-order valence-corrected chi connectivity index (χ1v) is 9.19. The number of hydrogen-bond donors (Lipinski definition) is 3. The molecule has 0 atom stereocenters. The second-order valence-corrected chi connectivity index (χ2v) is 7.46. The minimum Gasteiger partial charge on any atom is -0.370 e. The van der Waals surface area contributed by atoms with Crippen molar-refractivity contribution in [2.75, 3.05) is 24.2 Å². The average molecular weight is 338 g/mol. The van der Waals surface area contributed by atoms with Crippen molar-refractivity contribution in [2.24, 2.45) is 27.2 Å². The van der Waals surface area contributed by atoms with E-state index in [0.717, 1.165) is 32.4 Å². The fourth-order valence-electron chi connectivity index (χ4n) is 2.56. The summed E-state index contributed by atoms with van der Waals surface area (Å²) in [6.07, 6.45) is 4.42. The monoisotopic (exact) mass is 338 g/mol. The lowest BCUT2D eigenvalue weighted by Gasteiger charge is -2.30. The van der Waals surface area contributed by atoms with Crippen LogP contribution in [0.1, 0.15) is 19.3 Å². The minimum atomic E-state index is -3.34. The summed E-state index contributed by atoms with van der Waals surface area (Å²) in [5, 5.41) is 0. The third kappa shape index (κ3) is 4.59. The van der Waals surface area contributed by atoms with Crippen molar-refractivity contribution in [1.29, 1.82) is 0 Å². The molecule has 1 saturated heterocycles. The van der Waals surface area contributed by atoms with Gasteiger partial charge in [-0.25, -0.2) is 13.4 Å². The molecule has 0 amide bonds. The van der Waals surface area contributed by atoms with Gasteiger partial charge in [0.15, 0.2) is 15.8 Å². The van der Waals surface area contributed by atoms with Crippen LogP contribution in [0.15, 0.2) is 33.1 Å². The molecule has 2 rings (SSSR count). The molecule has 0 radical (unpaired) electrons. The van der Waals surface area contributed by atoms with Crippen LogP contribution in [0, 0.1) is 0 Å². The zero-order valence-corrected chi connectivity index (χ0v) is 13.9. The molecule has 23 heavy (non-hydrogen) atoms. The molecule has 6 N–H and O–H groups in total. The van der Waals surface area contributed by atoms with Gasteiger partial charge in [-0.15, -0.1) is 0 Å². The Hall–Kier alpha value is -2.29. The largest absolute Gasteiger partial charge is 0.370 e. The molecule has 1 heterocycles. The lowest BCUT2D eigenvalue weighted by molar-refractivity contribution is 0.572. The molecule has 0 aromatic heterocycles. The van der Waals surface area contributed by atoms with Gasteiger partial charge in [0, 0.05) is 19.3 Å². The van der Waals surface area contributed by atoms with Crippen molar-refractivity contribution >= 4 is 33.1 Å². The van der Waals surface area contributed by atoms with Gasteiger partial charge in [-0.2, -0.15) is 4.99 Å². The van der Waals surface area contributed by atoms with Crippen molar-refractivity contribution in [3.05, 3.63) is 18.2 Å². The third-order valence-electron chi connectivity index (χ3n) is 3.53. The van der Waals surface area contributed by atoms with Crippen LogP contribution in [0.4, 0.5) is 11.4 Å². The Morgan fingerprint density at radius 2 is 1.78 bits per heavy atom. The molecule has 1 aliphatic rings. The maximum absolute atomic E-state index is 12.0. The summed E-state index contributed by atoms with van der Waals surface area (Å²) in [4.78, 5) is 10.1. The van der Waals surface area contributed by atoms with Gasteiger partial charge in [0.1, 0.15) is 0 Å². The molecule has 0 bridgehead atoms.